The molecule has 21 heavy (non-hydrogen) atoms. The average molecular weight is 302 g/mol. The summed E-state index contributed by atoms with van der Waals surface area (Å²) in [6.45, 7) is 3.95. The first kappa shape index (κ1) is 15.4. The third kappa shape index (κ3) is 4.02. The van der Waals surface area contributed by atoms with Crippen LogP contribution in [0.25, 0.3) is 0 Å². The topological polar surface area (TPSA) is 54.4 Å². The molecule has 0 spiro atoms. The molecule has 0 aliphatic carbocycles. The molecule has 4 heteroatoms. The highest BCUT2D eigenvalue weighted by molar-refractivity contribution is 7.84. The van der Waals surface area contributed by atoms with Crippen molar-refractivity contribution in [2.24, 2.45) is 0 Å². The predicted octanol–water partition coefficient (Wildman–Crippen LogP) is 3.24. The lowest BCUT2D eigenvalue weighted by Gasteiger charge is -2.10. The quantitative estimate of drug-likeness (QED) is 0.922. The molecule has 1 N–H and O–H groups in total. The molecule has 2 aromatic carbocycles. The standard InChI is InChI=1S/C17H18O3S/c1-12-7-8-16(13(2)9-12)21(20)11-15-6-4-3-5-14(15)10-17(18)19/h3-9H,10-11H2,1-2H3,(H,18,19). The fourth-order valence-corrected chi connectivity index (χ4v) is 3.66. The van der Waals surface area contributed by atoms with Gasteiger partial charge in [0.05, 0.1) is 23.0 Å². The Balaban J connectivity index is 2.25. The summed E-state index contributed by atoms with van der Waals surface area (Å²) in [6.07, 6.45) is -0.0414. The molecule has 2 aromatic rings. The zero-order valence-electron chi connectivity index (χ0n) is 12.1. The molecule has 1 atom stereocenters. The lowest BCUT2D eigenvalue weighted by Crippen LogP contribution is -2.06. The molecule has 0 radical (unpaired) electrons. The lowest BCUT2D eigenvalue weighted by molar-refractivity contribution is -0.136. The van der Waals surface area contributed by atoms with E-state index in [4.69, 9.17) is 5.11 Å². The van der Waals surface area contributed by atoms with Crippen molar-refractivity contribution < 1.29 is 14.1 Å². The van der Waals surface area contributed by atoms with Crippen LogP contribution in [0.15, 0.2) is 47.4 Å². The van der Waals surface area contributed by atoms with Crippen LogP contribution >= 0.6 is 0 Å². The summed E-state index contributed by atoms with van der Waals surface area (Å²) < 4.78 is 12.5. The van der Waals surface area contributed by atoms with Crippen LogP contribution < -0.4 is 0 Å². The Morgan fingerprint density at radius 2 is 1.76 bits per heavy atom. The summed E-state index contributed by atoms with van der Waals surface area (Å²) in [5.74, 6) is -0.535. The lowest BCUT2D eigenvalue weighted by atomic mass is 10.1. The second-order valence-corrected chi connectivity index (χ2v) is 6.52. The molecule has 0 fully saturated rings. The van der Waals surface area contributed by atoms with E-state index in [1.165, 1.54) is 0 Å². The molecule has 3 nitrogen and oxygen atoms in total. The van der Waals surface area contributed by atoms with E-state index in [-0.39, 0.29) is 6.42 Å². The van der Waals surface area contributed by atoms with Gasteiger partial charge in [-0.15, -0.1) is 0 Å². The SMILES string of the molecule is Cc1ccc(S(=O)Cc2ccccc2CC(=O)O)c(C)c1. The molecule has 0 aromatic heterocycles. The van der Waals surface area contributed by atoms with Crippen molar-refractivity contribution in [2.75, 3.05) is 0 Å². The molecule has 0 amide bonds. The van der Waals surface area contributed by atoms with E-state index in [9.17, 15) is 9.00 Å². The Kier molecular flexibility index (Phi) is 4.91. The highest BCUT2D eigenvalue weighted by atomic mass is 32.2. The van der Waals surface area contributed by atoms with E-state index in [2.05, 4.69) is 0 Å². The van der Waals surface area contributed by atoms with Crippen LogP contribution in [0.3, 0.4) is 0 Å². The summed E-state index contributed by atoms with van der Waals surface area (Å²) in [5.41, 5.74) is 3.70. The fraction of sp³-hybridized carbons (Fsp3) is 0.235. The maximum atomic E-state index is 12.5. The van der Waals surface area contributed by atoms with Crippen LogP contribution in [0, 0.1) is 13.8 Å². The Labute approximate surface area is 127 Å². The number of hydrogen-bond donors (Lipinski definition) is 1. The molecule has 0 heterocycles. The number of aliphatic carboxylic acids is 1. The Hall–Kier alpha value is -1.94. The van der Waals surface area contributed by atoms with Crippen molar-refractivity contribution in [3.63, 3.8) is 0 Å². The highest BCUT2D eigenvalue weighted by Crippen LogP contribution is 2.20. The van der Waals surface area contributed by atoms with Crippen molar-refractivity contribution in [3.05, 3.63) is 64.7 Å². The number of carbonyl (C=O) groups is 1. The van der Waals surface area contributed by atoms with Gasteiger partial charge in [0.1, 0.15) is 0 Å². The highest BCUT2D eigenvalue weighted by Gasteiger charge is 2.12. The molecule has 110 valence electrons. The van der Waals surface area contributed by atoms with E-state index in [1.54, 1.807) is 6.07 Å². The van der Waals surface area contributed by atoms with Crippen molar-refractivity contribution in [1.82, 2.24) is 0 Å². The van der Waals surface area contributed by atoms with E-state index < -0.39 is 16.8 Å². The first-order valence-corrected chi connectivity index (χ1v) is 8.03. The van der Waals surface area contributed by atoms with Crippen LogP contribution in [0.4, 0.5) is 0 Å². The molecule has 0 bridgehead atoms. The summed E-state index contributed by atoms with van der Waals surface area (Å²) in [4.78, 5) is 11.7. The van der Waals surface area contributed by atoms with E-state index >= 15 is 0 Å². The van der Waals surface area contributed by atoms with Gasteiger partial charge in [-0.1, -0.05) is 42.0 Å². The second kappa shape index (κ2) is 6.68. The van der Waals surface area contributed by atoms with Gasteiger partial charge in [-0.05, 0) is 36.6 Å². The number of carboxylic acids is 1. The average Bonchev–Trinajstić information content (AvgIpc) is 2.40. The third-order valence-electron chi connectivity index (χ3n) is 3.32. The van der Waals surface area contributed by atoms with Gasteiger partial charge in [0, 0.05) is 4.90 Å². The van der Waals surface area contributed by atoms with Gasteiger partial charge in [0.2, 0.25) is 0 Å². The minimum Gasteiger partial charge on any atom is -0.481 e. The predicted molar refractivity (Wildman–Crippen MR) is 83.8 cm³/mol. The van der Waals surface area contributed by atoms with Crippen LogP contribution in [0.2, 0.25) is 0 Å². The van der Waals surface area contributed by atoms with Crippen molar-refractivity contribution in [1.29, 1.82) is 0 Å². The largest absolute Gasteiger partial charge is 0.481 e. The Bertz CT molecular complexity index is 692. The fourth-order valence-electron chi connectivity index (χ4n) is 2.31. The Morgan fingerprint density at radius 3 is 2.38 bits per heavy atom. The Morgan fingerprint density at radius 1 is 1.10 bits per heavy atom. The summed E-state index contributed by atoms with van der Waals surface area (Å²) in [6, 6.07) is 13.1. The maximum Gasteiger partial charge on any atom is 0.307 e. The number of benzene rings is 2. The summed E-state index contributed by atoms with van der Waals surface area (Å²) in [5, 5.41) is 8.94. The van der Waals surface area contributed by atoms with Gasteiger partial charge < -0.3 is 5.11 Å². The number of aryl methyl sites for hydroxylation is 2. The second-order valence-electron chi connectivity index (χ2n) is 5.10. The van der Waals surface area contributed by atoms with E-state index in [1.807, 2.05) is 50.2 Å². The van der Waals surface area contributed by atoms with Gasteiger partial charge in [-0.3, -0.25) is 9.00 Å². The van der Waals surface area contributed by atoms with Crippen molar-refractivity contribution in [3.8, 4) is 0 Å². The molecule has 0 aliphatic heterocycles. The van der Waals surface area contributed by atoms with Gasteiger partial charge >= 0.3 is 5.97 Å². The van der Waals surface area contributed by atoms with Crippen LogP contribution in [-0.4, -0.2) is 15.3 Å². The zero-order chi connectivity index (χ0) is 15.4. The molecular formula is C17H18O3S. The van der Waals surface area contributed by atoms with Crippen molar-refractivity contribution >= 4 is 16.8 Å². The van der Waals surface area contributed by atoms with Crippen LogP contribution in [0.5, 0.6) is 0 Å². The number of carboxylic acid groups (broad SMARTS) is 1. The first-order valence-electron chi connectivity index (χ1n) is 6.71. The van der Waals surface area contributed by atoms with Crippen molar-refractivity contribution in [2.45, 2.75) is 30.9 Å². The number of hydrogen-bond acceptors (Lipinski definition) is 2. The molecule has 2 rings (SSSR count). The van der Waals surface area contributed by atoms with Crippen LogP contribution in [0.1, 0.15) is 22.3 Å². The minimum atomic E-state index is -1.17. The zero-order valence-corrected chi connectivity index (χ0v) is 12.9. The van der Waals surface area contributed by atoms with E-state index in [0.29, 0.717) is 5.75 Å². The smallest absolute Gasteiger partial charge is 0.307 e. The van der Waals surface area contributed by atoms with Gasteiger partial charge in [-0.2, -0.15) is 0 Å². The normalized spacial score (nSPS) is 12.1. The molecule has 0 aliphatic rings. The van der Waals surface area contributed by atoms with E-state index in [0.717, 1.165) is 27.1 Å². The number of rotatable bonds is 5. The third-order valence-corrected chi connectivity index (χ3v) is 4.84. The molecular weight excluding hydrogens is 284 g/mol. The van der Waals surface area contributed by atoms with Gasteiger partial charge in [0.15, 0.2) is 0 Å². The first-order chi connectivity index (χ1) is 9.97. The molecule has 0 saturated heterocycles. The minimum absolute atomic E-state index is 0.0414. The monoisotopic (exact) mass is 302 g/mol. The molecule has 0 saturated carbocycles. The van der Waals surface area contributed by atoms with Crippen LogP contribution in [-0.2, 0) is 27.8 Å². The van der Waals surface area contributed by atoms with Gasteiger partial charge in [0.25, 0.3) is 0 Å². The summed E-state index contributed by atoms with van der Waals surface area (Å²) in [7, 11) is -1.17. The summed E-state index contributed by atoms with van der Waals surface area (Å²) >= 11 is 0. The molecule has 1 unspecified atom stereocenters. The van der Waals surface area contributed by atoms with Gasteiger partial charge in [-0.25, -0.2) is 0 Å². The maximum absolute atomic E-state index is 12.5.